The molecule has 0 N–H and O–H groups in total. The van der Waals surface area contributed by atoms with Crippen LogP contribution in [0, 0.1) is 0 Å². The van der Waals surface area contributed by atoms with Gasteiger partial charge in [0.25, 0.3) is 0 Å². The van der Waals surface area contributed by atoms with Crippen LogP contribution in [0.3, 0.4) is 0 Å². The molecule has 0 aliphatic carbocycles. The Morgan fingerprint density at radius 3 is 1.04 bits per heavy atom. The van der Waals surface area contributed by atoms with E-state index in [9.17, 15) is 0 Å². The summed E-state index contributed by atoms with van der Waals surface area (Å²) in [6.45, 7) is 6.87. The third-order valence-electron chi connectivity index (χ3n) is 10.2. The molecule has 0 aliphatic heterocycles. The summed E-state index contributed by atoms with van der Waals surface area (Å²) in [5, 5.41) is 6.86. The maximum atomic E-state index is 2.48. The van der Waals surface area contributed by atoms with Gasteiger partial charge in [-0.3, -0.25) is 0 Å². The van der Waals surface area contributed by atoms with Crippen molar-refractivity contribution in [3.63, 3.8) is 0 Å². The number of aromatic nitrogens is 1. The molecule has 0 radical (unpaired) electrons. The summed E-state index contributed by atoms with van der Waals surface area (Å²) in [5.41, 5.74) is 14.0. The van der Waals surface area contributed by atoms with Crippen LogP contribution in [0.2, 0.25) is 0 Å². The van der Waals surface area contributed by atoms with Crippen molar-refractivity contribution in [2.24, 2.45) is 0 Å². The van der Waals surface area contributed by atoms with Gasteiger partial charge in [0, 0.05) is 50.4 Å². The van der Waals surface area contributed by atoms with Crippen molar-refractivity contribution in [3.05, 3.63) is 205 Å². The highest BCUT2D eigenvalue weighted by Crippen LogP contribution is 2.44. The van der Waals surface area contributed by atoms with Crippen LogP contribution < -0.4 is 9.80 Å². The van der Waals surface area contributed by atoms with Crippen molar-refractivity contribution in [1.82, 2.24) is 4.57 Å². The first-order chi connectivity index (χ1) is 27.9. The lowest BCUT2D eigenvalue weighted by molar-refractivity contribution is 0.407. The fourth-order valence-electron chi connectivity index (χ4n) is 7.58. The molecule has 3 nitrogen and oxygen atoms in total. The summed E-state index contributed by atoms with van der Waals surface area (Å²) in [5.74, 6) is 0. The van der Waals surface area contributed by atoms with Crippen LogP contribution in [0.25, 0.3) is 44.8 Å². The van der Waals surface area contributed by atoms with Crippen LogP contribution in [0.5, 0.6) is 0 Å². The standard InChI is InChI=1S/C52H43N3S2/c1-52(2,3)55-48(40-24-28-46(29-25-40)53(44-20-12-6-13-21-44)50-34-42(36-56-50)38-16-8-4-9-17-38)32-33-49(55)41-26-30-47(31-27-41)54(45-22-14-7-15-23-45)51-35-43(37-57-51)39-18-10-5-11-19-39/h4-37H,1-3H3. The minimum Gasteiger partial charge on any atom is -0.335 e. The maximum Gasteiger partial charge on any atom is 0.101 e. The molecule has 3 heterocycles. The maximum absolute atomic E-state index is 2.48. The summed E-state index contributed by atoms with van der Waals surface area (Å²) < 4.78 is 2.48. The Morgan fingerprint density at radius 2 is 0.684 bits per heavy atom. The van der Waals surface area contributed by atoms with Crippen LogP contribution in [-0.2, 0) is 5.54 Å². The van der Waals surface area contributed by atoms with Gasteiger partial charge in [0.1, 0.15) is 10.0 Å². The Hall–Kier alpha value is -6.40. The van der Waals surface area contributed by atoms with E-state index in [1.165, 1.54) is 54.8 Å². The van der Waals surface area contributed by atoms with Gasteiger partial charge in [-0.15, -0.1) is 22.7 Å². The first-order valence-electron chi connectivity index (χ1n) is 19.3. The Morgan fingerprint density at radius 1 is 0.351 bits per heavy atom. The van der Waals surface area contributed by atoms with Crippen LogP contribution in [0.1, 0.15) is 20.8 Å². The quantitative estimate of drug-likeness (QED) is 0.137. The lowest BCUT2D eigenvalue weighted by Gasteiger charge is -2.29. The number of benzene rings is 6. The van der Waals surface area contributed by atoms with Gasteiger partial charge in [0.05, 0.1) is 0 Å². The van der Waals surface area contributed by atoms with E-state index in [-0.39, 0.29) is 5.54 Å². The van der Waals surface area contributed by atoms with E-state index < -0.39 is 0 Å². The third-order valence-corrected chi connectivity index (χ3v) is 12.1. The van der Waals surface area contributed by atoms with Crippen molar-refractivity contribution in [2.75, 3.05) is 9.80 Å². The SMILES string of the molecule is CC(C)(C)n1c(-c2ccc(N(c3ccccc3)c3cc(-c4ccccc4)cs3)cc2)ccc1-c1ccc(N(c2ccccc2)c2cc(-c3ccccc3)cs2)cc1. The molecule has 0 amide bonds. The van der Waals surface area contributed by atoms with E-state index in [1.807, 2.05) is 0 Å². The summed E-state index contributed by atoms with van der Waals surface area (Å²) in [7, 11) is 0. The summed E-state index contributed by atoms with van der Waals surface area (Å²) in [4.78, 5) is 4.71. The van der Waals surface area contributed by atoms with Gasteiger partial charge in [0.2, 0.25) is 0 Å². The molecule has 0 saturated heterocycles. The summed E-state index contributed by atoms with van der Waals surface area (Å²) in [6.07, 6.45) is 0. The highest BCUT2D eigenvalue weighted by Gasteiger charge is 2.24. The van der Waals surface area contributed by atoms with Crippen LogP contribution in [-0.4, -0.2) is 4.57 Å². The molecule has 278 valence electrons. The Balaban J connectivity index is 1.04. The number of thiophene rings is 2. The molecule has 3 aromatic heterocycles. The largest absolute Gasteiger partial charge is 0.335 e. The van der Waals surface area contributed by atoms with E-state index in [0.29, 0.717) is 0 Å². The molecule has 9 rings (SSSR count). The van der Waals surface area contributed by atoms with E-state index in [1.54, 1.807) is 22.7 Å². The van der Waals surface area contributed by atoms with Crippen LogP contribution in [0.15, 0.2) is 205 Å². The minimum absolute atomic E-state index is 0.159. The van der Waals surface area contributed by atoms with Crippen molar-refractivity contribution in [3.8, 4) is 44.8 Å². The van der Waals surface area contributed by atoms with Gasteiger partial charge in [0.15, 0.2) is 0 Å². The zero-order valence-electron chi connectivity index (χ0n) is 32.3. The Kier molecular flexibility index (Phi) is 9.93. The number of hydrogen-bond donors (Lipinski definition) is 0. The first-order valence-corrected chi connectivity index (χ1v) is 21.1. The van der Waals surface area contributed by atoms with E-state index in [0.717, 1.165) is 22.7 Å². The van der Waals surface area contributed by atoms with Gasteiger partial charge in [-0.1, -0.05) is 121 Å². The fourth-order valence-corrected chi connectivity index (χ4v) is 9.51. The monoisotopic (exact) mass is 773 g/mol. The molecular weight excluding hydrogens is 731 g/mol. The number of hydrogen-bond acceptors (Lipinski definition) is 4. The molecule has 0 fully saturated rings. The van der Waals surface area contributed by atoms with Gasteiger partial charge in [-0.2, -0.15) is 0 Å². The van der Waals surface area contributed by atoms with Gasteiger partial charge >= 0.3 is 0 Å². The molecule has 0 aliphatic rings. The average Bonchev–Trinajstić information content (AvgIpc) is 4.05. The van der Waals surface area contributed by atoms with Crippen LogP contribution in [0.4, 0.5) is 32.8 Å². The Labute approximate surface area is 344 Å². The molecular formula is C52H43N3S2. The normalized spacial score (nSPS) is 11.4. The molecule has 0 atom stereocenters. The molecule has 5 heteroatoms. The number of rotatable bonds is 10. The predicted molar refractivity (Wildman–Crippen MR) is 246 cm³/mol. The number of nitrogens with zero attached hydrogens (tertiary/aromatic N) is 3. The number of para-hydroxylation sites is 2. The molecule has 6 aromatic carbocycles. The van der Waals surface area contributed by atoms with Gasteiger partial charge in [-0.25, -0.2) is 0 Å². The summed E-state index contributed by atoms with van der Waals surface area (Å²) >= 11 is 3.54. The van der Waals surface area contributed by atoms with E-state index in [4.69, 9.17) is 0 Å². The second-order valence-corrected chi connectivity index (χ2v) is 16.9. The Bertz CT molecular complexity index is 2500. The highest BCUT2D eigenvalue weighted by atomic mass is 32.1. The van der Waals surface area contributed by atoms with E-state index in [2.05, 4.69) is 240 Å². The third kappa shape index (κ3) is 7.48. The predicted octanol–water partition coefficient (Wildman–Crippen LogP) is 16.0. The zero-order chi connectivity index (χ0) is 38.8. The number of anilines is 6. The topological polar surface area (TPSA) is 11.4 Å². The van der Waals surface area contributed by atoms with E-state index >= 15 is 0 Å². The van der Waals surface area contributed by atoms with Crippen LogP contribution >= 0.6 is 22.7 Å². The molecule has 0 unspecified atom stereocenters. The minimum atomic E-state index is -0.159. The van der Waals surface area contributed by atoms with Gasteiger partial charge in [-0.05, 0) is 127 Å². The van der Waals surface area contributed by atoms with Crippen molar-refractivity contribution in [2.45, 2.75) is 26.3 Å². The summed E-state index contributed by atoms with van der Waals surface area (Å²) in [6, 6.07) is 69.7. The lowest BCUT2D eigenvalue weighted by Crippen LogP contribution is -2.23. The van der Waals surface area contributed by atoms with Crippen molar-refractivity contribution < 1.29 is 0 Å². The van der Waals surface area contributed by atoms with Crippen molar-refractivity contribution in [1.29, 1.82) is 0 Å². The second kappa shape index (κ2) is 15.6. The average molecular weight is 774 g/mol. The highest BCUT2D eigenvalue weighted by molar-refractivity contribution is 7.15. The first kappa shape index (κ1) is 36.3. The smallest absolute Gasteiger partial charge is 0.101 e. The fraction of sp³-hybridized carbons (Fsp3) is 0.0769. The molecule has 0 saturated carbocycles. The lowest BCUT2D eigenvalue weighted by atomic mass is 10.0. The van der Waals surface area contributed by atoms with Gasteiger partial charge < -0.3 is 14.4 Å². The second-order valence-electron chi connectivity index (χ2n) is 15.1. The molecule has 0 spiro atoms. The van der Waals surface area contributed by atoms with Crippen molar-refractivity contribution >= 4 is 55.4 Å². The molecule has 57 heavy (non-hydrogen) atoms. The molecule has 9 aromatic rings. The zero-order valence-corrected chi connectivity index (χ0v) is 33.9. The molecule has 0 bridgehead atoms.